The van der Waals surface area contributed by atoms with Crippen molar-refractivity contribution in [3.05, 3.63) is 71.9 Å². The zero-order valence-corrected chi connectivity index (χ0v) is 23.2. The SMILES string of the molecule is NC(=O)CCC(NC(=O)C(N)Cc1ccccc1)C(=O)NC(Cc1c[nH]c2ccccc12)C(=O)NC(CC(N)=O)C(=O)O. The highest BCUT2D eigenvalue weighted by Gasteiger charge is 2.31. The van der Waals surface area contributed by atoms with Crippen molar-refractivity contribution in [2.75, 3.05) is 0 Å². The van der Waals surface area contributed by atoms with Crippen molar-refractivity contribution in [2.24, 2.45) is 17.2 Å². The van der Waals surface area contributed by atoms with Crippen LogP contribution in [0.4, 0.5) is 0 Å². The Bertz CT molecular complexity index is 1470. The second-order valence-corrected chi connectivity index (χ2v) is 10.1. The molecular weight excluding hydrogens is 558 g/mol. The van der Waals surface area contributed by atoms with E-state index in [0.717, 1.165) is 16.5 Å². The van der Waals surface area contributed by atoms with Crippen LogP contribution in [0.15, 0.2) is 60.8 Å². The fourth-order valence-corrected chi connectivity index (χ4v) is 4.47. The van der Waals surface area contributed by atoms with E-state index in [9.17, 15) is 33.9 Å². The number of H-pyrrole nitrogens is 1. The Morgan fingerprint density at radius 2 is 1.35 bits per heavy atom. The molecule has 0 spiro atoms. The number of carboxylic acid groups (broad SMARTS) is 1. The van der Waals surface area contributed by atoms with Gasteiger partial charge in [0.25, 0.3) is 0 Å². The van der Waals surface area contributed by atoms with Crippen LogP contribution in [-0.4, -0.2) is 69.8 Å². The molecule has 0 fully saturated rings. The number of aromatic amines is 1. The van der Waals surface area contributed by atoms with Crippen LogP contribution in [0.5, 0.6) is 0 Å². The second-order valence-electron chi connectivity index (χ2n) is 10.1. The summed E-state index contributed by atoms with van der Waals surface area (Å²) in [6.45, 7) is 0. The second kappa shape index (κ2) is 15.1. The van der Waals surface area contributed by atoms with Crippen molar-refractivity contribution in [1.29, 1.82) is 0 Å². The lowest BCUT2D eigenvalue weighted by Gasteiger charge is -2.25. The Hall–Kier alpha value is -5.24. The predicted octanol–water partition coefficient (Wildman–Crippen LogP) is -1.04. The molecular formula is C29H35N7O7. The van der Waals surface area contributed by atoms with E-state index in [4.69, 9.17) is 17.2 Å². The molecule has 0 aliphatic rings. The molecule has 228 valence electrons. The summed E-state index contributed by atoms with van der Waals surface area (Å²) in [5, 5.41) is 17.6. The van der Waals surface area contributed by atoms with Gasteiger partial charge < -0.3 is 43.2 Å². The van der Waals surface area contributed by atoms with Crippen LogP contribution in [0.2, 0.25) is 0 Å². The van der Waals surface area contributed by atoms with E-state index in [-0.39, 0.29) is 25.7 Å². The maximum absolute atomic E-state index is 13.5. The molecule has 4 atom stereocenters. The highest BCUT2D eigenvalue weighted by atomic mass is 16.4. The molecule has 11 N–H and O–H groups in total. The summed E-state index contributed by atoms with van der Waals surface area (Å²) in [4.78, 5) is 77.4. The minimum Gasteiger partial charge on any atom is -0.480 e. The third-order valence-electron chi connectivity index (χ3n) is 6.70. The number of rotatable bonds is 16. The summed E-state index contributed by atoms with van der Waals surface area (Å²) >= 11 is 0. The van der Waals surface area contributed by atoms with Crippen molar-refractivity contribution in [3.63, 3.8) is 0 Å². The monoisotopic (exact) mass is 593 g/mol. The zero-order chi connectivity index (χ0) is 31.5. The number of amides is 5. The maximum Gasteiger partial charge on any atom is 0.326 e. The number of para-hydroxylation sites is 1. The predicted molar refractivity (Wildman–Crippen MR) is 156 cm³/mol. The molecule has 3 rings (SSSR count). The number of primary amides is 2. The Labute approximate surface area is 246 Å². The highest BCUT2D eigenvalue weighted by molar-refractivity contribution is 5.96. The lowest BCUT2D eigenvalue weighted by Crippen LogP contribution is -2.58. The van der Waals surface area contributed by atoms with E-state index in [1.54, 1.807) is 42.6 Å². The number of benzene rings is 2. The topological polar surface area (TPSA) is 253 Å². The van der Waals surface area contributed by atoms with Gasteiger partial charge in [-0.1, -0.05) is 48.5 Å². The van der Waals surface area contributed by atoms with Gasteiger partial charge in [-0.25, -0.2) is 4.79 Å². The maximum atomic E-state index is 13.5. The van der Waals surface area contributed by atoms with E-state index < -0.39 is 66.1 Å². The Morgan fingerprint density at radius 1 is 0.744 bits per heavy atom. The number of fused-ring (bicyclic) bond motifs is 1. The summed E-state index contributed by atoms with van der Waals surface area (Å²) in [6.07, 6.45) is 0.611. The molecule has 14 heteroatoms. The molecule has 1 heterocycles. The van der Waals surface area contributed by atoms with Crippen molar-refractivity contribution in [2.45, 2.75) is 56.3 Å². The average Bonchev–Trinajstić information content (AvgIpc) is 3.37. The number of hydrogen-bond donors (Lipinski definition) is 8. The fourth-order valence-electron chi connectivity index (χ4n) is 4.47. The number of aromatic nitrogens is 1. The quantitative estimate of drug-likeness (QED) is 0.102. The van der Waals surface area contributed by atoms with Crippen molar-refractivity contribution in [3.8, 4) is 0 Å². The minimum absolute atomic E-state index is 0.0888. The molecule has 4 unspecified atom stereocenters. The molecule has 43 heavy (non-hydrogen) atoms. The Balaban J connectivity index is 1.84. The molecule has 3 aromatic rings. The van der Waals surface area contributed by atoms with Crippen LogP contribution in [0.25, 0.3) is 10.9 Å². The molecule has 1 aromatic heterocycles. The molecule has 14 nitrogen and oxygen atoms in total. The van der Waals surface area contributed by atoms with Gasteiger partial charge in [-0.2, -0.15) is 0 Å². The molecule has 0 bridgehead atoms. The van der Waals surface area contributed by atoms with Gasteiger partial charge in [-0.15, -0.1) is 0 Å². The van der Waals surface area contributed by atoms with Gasteiger partial charge in [-0.3, -0.25) is 24.0 Å². The van der Waals surface area contributed by atoms with Gasteiger partial charge in [0.05, 0.1) is 12.5 Å². The first kappa shape index (κ1) is 32.3. The summed E-state index contributed by atoms with van der Waals surface area (Å²) in [7, 11) is 0. The lowest BCUT2D eigenvalue weighted by molar-refractivity contribution is -0.143. The molecule has 0 saturated carbocycles. The highest BCUT2D eigenvalue weighted by Crippen LogP contribution is 2.19. The summed E-state index contributed by atoms with van der Waals surface area (Å²) in [5.41, 5.74) is 18.7. The average molecular weight is 594 g/mol. The van der Waals surface area contributed by atoms with Crippen LogP contribution in [0, 0.1) is 0 Å². The van der Waals surface area contributed by atoms with Crippen LogP contribution in [0.1, 0.15) is 30.4 Å². The number of carbonyl (C=O) groups is 6. The van der Waals surface area contributed by atoms with E-state index in [1.807, 2.05) is 18.2 Å². The van der Waals surface area contributed by atoms with Crippen LogP contribution in [0.3, 0.4) is 0 Å². The molecule has 0 radical (unpaired) electrons. The summed E-state index contributed by atoms with van der Waals surface area (Å²) < 4.78 is 0. The summed E-state index contributed by atoms with van der Waals surface area (Å²) in [5.74, 6) is -5.58. The first-order valence-corrected chi connectivity index (χ1v) is 13.5. The Morgan fingerprint density at radius 3 is 2.00 bits per heavy atom. The molecule has 0 saturated heterocycles. The lowest BCUT2D eigenvalue weighted by atomic mass is 10.0. The van der Waals surface area contributed by atoms with Gasteiger partial charge in [0, 0.05) is 29.9 Å². The number of carboxylic acids is 1. The van der Waals surface area contributed by atoms with Crippen LogP contribution in [-0.2, 0) is 41.6 Å². The van der Waals surface area contributed by atoms with E-state index in [2.05, 4.69) is 20.9 Å². The van der Waals surface area contributed by atoms with Gasteiger partial charge in [0.1, 0.15) is 18.1 Å². The van der Waals surface area contributed by atoms with Gasteiger partial charge >= 0.3 is 5.97 Å². The summed E-state index contributed by atoms with van der Waals surface area (Å²) in [6, 6.07) is 10.9. The third-order valence-corrected chi connectivity index (χ3v) is 6.70. The molecule has 0 aliphatic heterocycles. The van der Waals surface area contributed by atoms with Gasteiger partial charge in [0.15, 0.2) is 0 Å². The molecule has 5 amide bonds. The van der Waals surface area contributed by atoms with Crippen LogP contribution >= 0.6 is 0 Å². The van der Waals surface area contributed by atoms with E-state index in [1.165, 1.54) is 0 Å². The fraction of sp³-hybridized carbons (Fsp3) is 0.310. The standard InChI is InChI=1S/C29H35N7O7/c30-19(12-16-6-2-1-3-7-16)26(39)34-21(10-11-24(31)37)27(40)35-22(28(41)36-23(29(42)43)14-25(32)38)13-17-15-33-20-9-5-4-8-18(17)20/h1-9,15,19,21-23,33H,10-14,30H2,(H2,31,37)(H2,32,38)(H,34,39)(H,35,40)(H,36,41)(H,42,43). The third kappa shape index (κ3) is 9.67. The van der Waals surface area contributed by atoms with Crippen molar-refractivity contribution < 1.29 is 33.9 Å². The normalized spacial score (nSPS) is 13.7. The van der Waals surface area contributed by atoms with E-state index >= 15 is 0 Å². The first-order valence-electron chi connectivity index (χ1n) is 13.5. The van der Waals surface area contributed by atoms with Crippen molar-refractivity contribution in [1.82, 2.24) is 20.9 Å². The first-order chi connectivity index (χ1) is 20.4. The number of hydrogen-bond acceptors (Lipinski definition) is 7. The van der Waals surface area contributed by atoms with Crippen LogP contribution < -0.4 is 33.2 Å². The minimum atomic E-state index is -1.64. The smallest absolute Gasteiger partial charge is 0.326 e. The number of nitrogens with one attached hydrogen (secondary N) is 4. The molecule has 2 aromatic carbocycles. The Kier molecular flexibility index (Phi) is 11.3. The number of carbonyl (C=O) groups excluding carboxylic acids is 5. The van der Waals surface area contributed by atoms with Crippen molar-refractivity contribution >= 4 is 46.4 Å². The van der Waals surface area contributed by atoms with Gasteiger partial charge in [0.2, 0.25) is 29.5 Å². The van der Waals surface area contributed by atoms with Gasteiger partial charge in [-0.05, 0) is 30.0 Å². The molecule has 0 aliphatic carbocycles. The zero-order valence-electron chi connectivity index (χ0n) is 23.2. The number of aliphatic carboxylic acids is 1. The largest absolute Gasteiger partial charge is 0.480 e. The number of nitrogens with two attached hydrogens (primary N) is 3. The van der Waals surface area contributed by atoms with E-state index in [0.29, 0.717) is 5.56 Å².